The molecule has 7 heteroatoms. The summed E-state index contributed by atoms with van der Waals surface area (Å²) < 4.78 is 18.8. The van der Waals surface area contributed by atoms with Gasteiger partial charge in [0.25, 0.3) is 5.91 Å². The molecule has 3 aromatic rings. The summed E-state index contributed by atoms with van der Waals surface area (Å²) in [6, 6.07) is 7.58. The largest absolute Gasteiger partial charge is 0.356 e. The van der Waals surface area contributed by atoms with Gasteiger partial charge in [-0.1, -0.05) is 25.9 Å². The number of hydrogen-bond donors (Lipinski definition) is 0. The maximum atomic E-state index is 13.3. The maximum absolute atomic E-state index is 13.3. The fraction of sp³-hybridized carbons (Fsp3) is 0.417. The molecule has 1 fully saturated rings. The first-order valence-electron chi connectivity index (χ1n) is 10.6. The van der Waals surface area contributed by atoms with Crippen molar-refractivity contribution in [2.24, 2.45) is 0 Å². The minimum absolute atomic E-state index is 0.0441. The highest BCUT2D eigenvalue weighted by Crippen LogP contribution is 2.35. The van der Waals surface area contributed by atoms with Gasteiger partial charge in [0.2, 0.25) is 0 Å². The van der Waals surface area contributed by atoms with Crippen molar-refractivity contribution < 1.29 is 13.7 Å². The maximum Gasteiger partial charge on any atom is 0.253 e. The number of aromatic nitrogens is 3. The van der Waals surface area contributed by atoms with Gasteiger partial charge in [-0.25, -0.2) is 14.4 Å². The van der Waals surface area contributed by atoms with Crippen LogP contribution in [0.4, 0.5) is 4.39 Å². The molecular formula is C24H27FN4O2. The predicted molar refractivity (Wildman–Crippen MR) is 115 cm³/mol. The van der Waals surface area contributed by atoms with Crippen molar-refractivity contribution >= 4 is 5.91 Å². The normalized spacial score (nSPS) is 17.1. The number of nitrogens with zero attached hydrogens (tertiary/aromatic N) is 4. The smallest absolute Gasteiger partial charge is 0.253 e. The number of carbonyl (C=O) groups excluding carboxylic acids is 1. The fourth-order valence-corrected chi connectivity index (χ4v) is 3.91. The van der Waals surface area contributed by atoms with Gasteiger partial charge >= 0.3 is 0 Å². The number of carbonyl (C=O) groups is 1. The third kappa shape index (κ3) is 4.50. The Hall–Kier alpha value is -3.09. The molecule has 1 amide bonds. The Kier molecular flexibility index (Phi) is 5.60. The zero-order valence-electron chi connectivity index (χ0n) is 18.4. The quantitative estimate of drug-likeness (QED) is 0.601. The zero-order chi connectivity index (χ0) is 22.2. The Morgan fingerprint density at radius 3 is 2.61 bits per heavy atom. The van der Waals surface area contributed by atoms with Gasteiger partial charge in [0.1, 0.15) is 11.6 Å². The van der Waals surface area contributed by atoms with Gasteiger partial charge < -0.3 is 9.42 Å². The van der Waals surface area contributed by atoms with Crippen LogP contribution in [0.5, 0.6) is 0 Å². The second-order valence-electron chi connectivity index (χ2n) is 9.17. The highest BCUT2D eigenvalue weighted by molar-refractivity contribution is 5.94. The molecule has 3 heterocycles. The molecule has 162 valence electrons. The number of rotatable bonds is 3. The van der Waals surface area contributed by atoms with E-state index >= 15 is 0 Å². The standard InChI is InChI=1S/C24H27FN4O2/c1-15-12-20(31-28-15)19-13-26-23(24(2,3)4)27-21(19)17-6-5-11-29(14-17)22(30)16-7-9-18(25)10-8-16/h7-10,12-13,17H,5-6,11,14H2,1-4H3. The summed E-state index contributed by atoms with van der Waals surface area (Å²) in [5.74, 6) is 0.990. The number of halogens is 1. The third-order valence-electron chi connectivity index (χ3n) is 5.57. The van der Waals surface area contributed by atoms with Crippen molar-refractivity contribution in [2.75, 3.05) is 13.1 Å². The molecule has 6 nitrogen and oxygen atoms in total. The van der Waals surface area contributed by atoms with E-state index in [-0.39, 0.29) is 23.1 Å². The summed E-state index contributed by atoms with van der Waals surface area (Å²) in [5.41, 5.74) is 2.77. The summed E-state index contributed by atoms with van der Waals surface area (Å²) in [5, 5.41) is 4.01. The number of likely N-dealkylation sites (tertiary alicyclic amines) is 1. The zero-order valence-corrected chi connectivity index (χ0v) is 18.4. The van der Waals surface area contributed by atoms with Crippen LogP contribution in [0, 0.1) is 12.7 Å². The lowest BCUT2D eigenvalue weighted by Crippen LogP contribution is -2.39. The first-order valence-corrected chi connectivity index (χ1v) is 10.6. The van der Waals surface area contributed by atoms with Gasteiger partial charge in [0.15, 0.2) is 5.76 Å². The third-order valence-corrected chi connectivity index (χ3v) is 5.57. The van der Waals surface area contributed by atoms with Gasteiger partial charge in [0, 0.05) is 42.2 Å². The lowest BCUT2D eigenvalue weighted by molar-refractivity contribution is 0.0706. The van der Waals surface area contributed by atoms with E-state index in [9.17, 15) is 9.18 Å². The van der Waals surface area contributed by atoms with E-state index in [4.69, 9.17) is 9.51 Å². The highest BCUT2D eigenvalue weighted by Gasteiger charge is 2.30. The molecular weight excluding hydrogens is 395 g/mol. The van der Waals surface area contributed by atoms with Gasteiger partial charge in [-0.05, 0) is 44.0 Å². The van der Waals surface area contributed by atoms with Crippen LogP contribution in [0.25, 0.3) is 11.3 Å². The van der Waals surface area contributed by atoms with Gasteiger partial charge in [-0.3, -0.25) is 4.79 Å². The number of amides is 1. The van der Waals surface area contributed by atoms with Crippen molar-refractivity contribution in [3.63, 3.8) is 0 Å². The molecule has 0 aliphatic carbocycles. The van der Waals surface area contributed by atoms with Crippen LogP contribution in [0.1, 0.15) is 67.1 Å². The summed E-state index contributed by atoms with van der Waals surface area (Å²) >= 11 is 0. The van der Waals surface area contributed by atoms with Crippen molar-refractivity contribution in [1.29, 1.82) is 0 Å². The van der Waals surface area contributed by atoms with E-state index in [0.29, 0.717) is 24.4 Å². The minimum atomic E-state index is -0.351. The molecule has 1 aliphatic heterocycles. The first kappa shape index (κ1) is 21.2. The van der Waals surface area contributed by atoms with Crippen LogP contribution in [0.2, 0.25) is 0 Å². The van der Waals surface area contributed by atoms with Crippen LogP contribution in [0.15, 0.2) is 41.1 Å². The number of hydrogen-bond acceptors (Lipinski definition) is 5. The number of aryl methyl sites for hydroxylation is 1. The molecule has 1 unspecified atom stereocenters. The van der Waals surface area contributed by atoms with Gasteiger partial charge in [-0.15, -0.1) is 0 Å². The Morgan fingerprint density at radius 2 is 1.97 bits per heavy atom. The average molecular weight is 423 g/mol. The molecule has 4 rings (SSSR count). The Labute approximate surface area is 181 Å². The summed E-state index contributed by atoms with van der Waals surface area (Å²) in [6.45, 7) is 9.32. The monoisotopic (exact) mass is 422 g/mol. The minimum Gasteiger partial charge on any atom is -0.356 e. The summed E-state index contributed by atoms with van der Waals surface area (Å²) in [7, 11) is 0. The van der Waals surface area contributed by atoms with E-state index < -0.39 is 0 Å². The van der Waals surface area contributed by atoms with Crippen LogP contribution >= 0.6 is 0 Å². The molecule has 1 saturated heterocycles. The average Bonchev–Trinajstić information content (AvgIpc) is 3.19. The van der Waals surface area contributed by atoms with Crippen LogP contribution < -0.4 is 0 Å². The topological polar surface area (TPSA) is 72.1 Å². The van der Waals surface area contributed by atoms with E-state index in [1.165, 1.54) is 24.3 Å². The Bertz CT molecular complexity index is 1090. The molecule has 1 atom stereocenters. The van der Waals surface area contributed by atoms with Crippen molar-refractivity contribution in [3.05, 3.63) is 65.1 Å². The van der Waals surface area contributed by atoms with Gasteiger partial charge in [0.05, 0.1) is 17.0 Å². The summed E-state index contributed by atoms with van der Waals surface area (Å²) in [6.07, 6.45) is 3.58. The first-order chi connectivity index (χ1) is 14.7. The highest BCUT2D eigenvalue weighted by atomic mass is 19.1. The SMILES string of the molecule is Cc1cc(-c2cnc(C(C)(C)C)nc2C2CCCN(C(=O)c3ccc(F)cc3)C2)on1. The predicted octanol–water partition coefficient (Wildman–Crippen LogP) is 4.90. The molecule has 0 bridgehead atoms. The second-order valence-corrected chi connectivity index (χ2v) is 9.17. The molecule has 31 heavy (non-hydrogen) atoms. The molecule has 1 aliphatic rings. The van der Waals surface area contributed by atoms with Gasteiger partial charge in [-0.2, -0.15) is 0 Å². The lowest BCUT2D eigenvalue weighted by Gasteiger charge is -2.33. The molecule has 0 radical (unpaired) electrons. The van der Waals surface area contributed by atoms with Crippen molar-refractivity contribution in [1.82, 2.24) is 20.0 Å². The Morgan fingerprint density at radius 1 is 1.23 bits per heavy atom. The van der Waals surface area contributed by atoms with Crippen LogP contribution in [0.3, 0.4) is 0 Å². The molecule has 0 N–H and O–H groups in total. The Balaban J connectivity index is 1.68. The summed E-state index contributed by atoms with van der Waals surface area (Å²) in [4.78, 5) is 24.4. The molecule has 0 spiro atoms. The van der Waals surface area contributed by atoms with E-state index in [1.807, 2.05) is 24.1 Å². The van der Waals surface area contributed by atoms with Crippen molar-refractivity contribution in [2.45, 2.75) is 51.9 Å². The number of benzene rings is 1. The lowest BCUT2D eigenvalue weighted by atomic mass is 9.89. The van der Waals surface area contributed by atoms with Crippen molar-refractivity contribution in [3.8, 4) is 11.3 Å². The van der Waals surface area contributed by atoms with E-state index in [1.54, 1.807) is 0 Å². The van der Waals surface area contributed by atoms with E-state index in [2.05, 4.69) is 30.9 Å². The van der Waals surface area contributed by atoms with Crippen LogP contribution in [-0.4, -0.2) is 39.0 Å². The molecule has 0 saturated carbocycles. The molecule has 2 aromatic heterocycles. The van der Waals surface area contributed by atoms with Crippen LogP contribution in [-0.2, 0) is 5.41 Å². The van der Waals surface area contributed by atoms with E-state index in [0.717, 1.165) is 35.6 Å². The number of piperidine rings is 1. The molecule has 1 aromatic carbocycles. The second kappa shape index (κ2) is 8.21. The fourth-order valence-electron chi connectivity index (χ4n) is 3.91.